The average molecular weight is 191 g/mol. The predicted octanol–water partition coefficient (Wildman–Crippen LogP) is 2.91. The van der Waals surface area contributed by atoms with Crippen LogP contribution in [0.1, 0.15) is 12.5 Å². The summed E-state index contributed by atoms with van der Waals surface area (Å²) in [6.07, 6.45) is 3.87. The van der Waals surface area contributed by atoms with E-state index >= 15 is 0 Å². The molecule has 3 nitrogen and oxygen atoms in total. The first-order chi connectivity index (χ1) is 6.86. The second-order valence-electron chi connectivity index (χ2n) is 2.81. The third-order valence-electron chi connectivity index (χ3n) is 1.75. The highest BCUT2D eigenvalue weighted by molar-refractivity contribution is 5.27. The van der Waals surface area contributed by atoms with E-state index in [1.807, 2.05) is 43.3 Å². The Morgan fingerprint density at radius 1 is 1.36 bits per heavy atom. The van der Waals surface area contributed by atoms with Gasteiger partial charge >= 0.3 is 0 Å². The molecule has 0 spiro atoms. The number of hydrogen-bond acceptors (Lipinski definition) is 3. The van der Waals surface area contributed by atoms with E-state index in [1.165, 1.54) is 0 Å². The molecule has 0 saturated heterocycles. The second-order valence-corrected chi connectivity index (χ2v) is 2.81. The van der Waals surface area contributed by atoms with Crippen LogP contribution >= 0.6 is 0 Å². The maximum Gasteiger partial charge on any atom is 0.119 e. The molecule has 0 atom stereocenters. The van der Waals surface area contributed by atoms with Gasteiger partial charge in [-0.05, 0) is 24.6 Å². The first kappa shape index (κ1) is 10.4. The SMILES string of the molecule is CC=CCOc1ccc(CN=O)cc1. The zero-order valence-corrected chi connectivity index (χ0v) is 8.14. The zero-order valence-electron chi connectivity index (χ0n) is 8.14. The fraction of sp³-hybridized carbons (Fsp3) is 0.273. The third-order valence-corrected chi connectivity index (χ3v) is 1.75. The molecule has 0 radical (unpaired) electrons. The second kappa shape index (κ2) is 5.91. The van der Waals surface area contributed by atoms with E-state index in [1.54, 1.807) is 0 Å². The van der Waals surface area contributed by atoms with Gasteiger partial charge in [-0.2, -0.15) is 4.91 Å². The van der Waals surface area contributed by atoms with Crippen LogP contribution in [0.4, 0.5) is 0 Å². The van der Waals surface area contributed by atoms with E-state index in [-0.39, 0.29) is 6.54 Å². The van der Waals surface area contributed by atoms with Gasteiger partial charge < -0.3 is 4.74 Å². The molecule has 0 aliphatic heterocycles. The molecule has 0 N–H and O–H groups in total. The van der Waals surface area contributed by atoms with Crippen LogP contribution in [0.2, 0.25) is 0 Å². The summed E-state index contributed by atoms with van der Waals surface area (Å²) in [6, 6.07) is 7.35. The highest BCUT2D eigenvalue weighted by Gasteiger charge is 1.93. The minimum Gasteiger partial charge on any atom is -0.490 e. The van der Waals surface area contributed by atoms with E-state index in [4.69, 9.17) is 4.74 Å². The quantitative estimate of drug-likeness (QED) is 0.530. The maximum atomic E-state index is 9.98. The lowest BCUT2D eigenvalue weighted by Gasteiger charge is -2.02. The van der Waals surface area contributed by atoms with E-state index in [2.05, 4.69) is 5.18 Å². The molecule has 1 aromatic carbocycles. The number of ether oxygens (including phenoxy) is 1. The van der Waals surface area contributed by atoms with Crippen LogP contribution in [0.3, 0.4) is 0 Å². The van der Waals surface area contributed by atoms with Crippen molar-refractivity contribution in [1.82, 2.24) is 0 Å². The average Bonchev–Trinajstić information content (AvgIpc) is 2.21. The monoisotopic (exact) mass is 191 g/mol. The number of nitroso groups, excluding NO2 is 1. The van der Waals surface area contributed by atoms with Crippen LogP contribution in [0.5, 0.6) is 5.75 Å². The molecular weight excluding hydrogens is 178 g/mol. The molecule has 74 valence electrons. The predicted molar refractivity (Wildman–Crippen MR) is 56.3 cm³/mol. The summed E-state index contributed by atoms with van der Waals surface area (Å²) in [6.45, 7) is 2.74. The van der Waals surface area contributed by atoms with Gasteiger partial charge in [-0.1, -0.05) is 29.5 Å². The van der Waals surface area contributed by atoms with Crippen molar-refractivity contribution in [3.63, 3.8) is 0 Å². The van der Waals surface area contributed by atoms with Crippen molar-refractivity contribution in [3.05, 3.63) is 46.9 Å². The molecule has 0 saturated carbocycles. The number of allylic oxidation sites excluding steroid dienone is 1. The molecule has 0 aromatic heterocycles. The smallest absolute Gasteiger partial charge is 0.119 e. The topological polar surface area (TPSA) is 38.7 Å². The van der Waals surface area contributed by atoms with Crippen molar-refractivity contribution in [2.24, 2.45) is 5.18 Å². The van der Waals surface area contributed by atoms with Crippen LogP contribution in [0.15, 0.2) is 41.6 Å². The number of benzene rings is 1. The van der Waals surface area contributed by atoms with Gasteiger partial charge in [0.05, 0.1) is 0 Å². The molecule has 0 bridgehead atoms. The Balaban J connectivity index is 2.50. The Morgan fingerprint density at radius 2 is 2.07 bits per heavy atom. The molecule has 0 aliphatic carbocycles. The molecule has 0 aliphatic rings. The van der Waals surface area contributed by atoms with E-state index < -0.39 is 0 Å². The lowest BCUT2D eigenvalue weighted by molar-refractivity contribution is 0.362. The number of rotatable bonds is 5. The normalized spacial score (nSPS) is 10.4. The molecule has 1 aromatic rings. The van der Waals surface area contributed by atoms with E-state index in [0.717, 1.165) is 11.3 Å². The summed E-state index contributed by atoms with van der Waals surface area (Å²) in [5, 5.41) is 2.81. The van der Waals surface area contributed by atoms with Crippen LogP contribution in [0.25, 0.3) is 0 Å². The third kappa shape index (κ3) is 3.39. The van der Waals surface area contributed by atoms with Gasteiger partial charge in [0, 0.05) is 0 Å². The molecule has 3 heteroatoms. The first-order valence-electron chi connectivity index (χ1n) is 4.49. The largest absolute Gasteiger partial charge is 0.490 e. The van der Waals surface area contributed by atoms with Crippen molar-refractivity contribution >= 4 is 0 Å². The van der Waals surface area contributed by atoms with Gasteiger partial charge in [0.1, 0.15) is 18.9 Å². The molecular formula is C11H13NO2. The lowest BCUT2D eigenvalue weighted by Crippen LogP contribution is -1.93. The number of hydrogen-bond donors (Lipinski definition) is 0. The fourth-order valence-electron chi connectivity index (χ4n) is 1.01. The summed E-state index contributed by atoms with van der Waals surface area (Å²) >= 11 is 0. The van der Waals surface area contributed by atoms with Gasteiger partial charge in [-0.3, -0.25) is 0 Å². The molecule has 0 unspecified atom stereocenters. The van der Waals surface area contributed by atoms with Crippen molar-refractivity contribution < 1.29 is 4.74 Å². The maximum absolute atomic E-state index is 9.98. The molecule has 0 fully saturated rings. The Kier molecular flexibility index (Phi) is 4.41. The Hall–Kier alpha value is -1.64. The number of nitrogens with zero attached hydrogens (tertiary/aromatic N) is 1. The standard InChI is InChI=1S/C11H13NO2/c1-2-3-8-14-11-6-4-10(5-7-11)9-12-13/h2-7H,8-9H2,1H3. The molecule has 0 amide bonds. The van der Waals surface area contributed by atoms with Crippen LogP contribution in [-0.2, 0) is 6.54 Å². The lowest BCUT2D eigenvalue weighted by atomic mass is 10.2. The van der Waals surface area contributed by atoms with E-state index in [9.17, 15) is 4.91 Å². The van der Waals surface area contributed by atoms with Crippen LogP contribution in [-0.4, -0.2) is 6.61 Å². The fourth-order valence-corrected chi connectivity index (χ4v) is 1.01. The highest BCUT2D eigenvalue weighted by Crippen LogP contribution is 2.12. The zero-order chi connectivity index (χ0) is 10.2. The highest BCUT2D eigenvalue weighted by atomic mass is 16.5. The molecule has 1 rings (SSSR count). The Morgan fingerprint density at radius 3 is 2.64 bits per heavy atom. The molecule has 14 heavy (non-hydrogen) atoms. The minimum atomic E-state index is 0.217. The van der Waals surface area contributed by atoms with Gasteiger partial charge in [0.15, 0.2) is 0 Å². The van der Waals surface area contributed by atoms with Crippen LogP contribution < -0.4 is 4.74 Å². The summed E-state index contributed by atoms with van der Waals surface area (Å²) in [5.41, 5.74) is 0.901. The first-order valence-corrected chi connectivity index (χ1v) is 4.49. The van der Waals surface area contributed by atoms with Gasteiger partial charge in [-0.15, -0.1) is 0 Å². The summed E-state index contributed by atoms with van der Waals surface area (Å²) in [4.78, 5) is 9.98. The minimum absolute atomic E-state index is 0.217. The van der Waals surface area contributed by atoms with Gasteiger partial charge in [0.25, 0.3) is 0 Å². The Bertz CT molecular complexity index is 304. The van der Waals surface area contributed by atoms with Gasteiger partial charge in [0.2, 0.25) is 0 Å². The van der Waals surface area contributed by atoms with Crippen molar-refractivity contribution in [3.8, 4) is 5.75 Å². The van der Waals surface area contributed by atoms with Crippen molar-refractivity contribution in [2.45, 2.75) is 13.5 Å². The van der Waals surface area contributed by atoms with Gasteiger partial charge in [-0.25, -0.2) is 0 Å². The summed E-state index contributed by atoms with van der Waals surface area (Å²) in [7, 11) is 0. The summed E-state index contributed by atoms with van der Waals surface area (Å²) in [5.74, 6) is 0.803. The molecule has 0 heterocycles. The van der Waals surface area contributed by atoms with Crippen LogP contribution in [0, 0.1) is 4.91 Å². The van der Waals surface area contributed by atoms with Crippen molar-refractivity contribution in [2.75, 3.05) is 6.61 Å². The summed E-state index contributed by atoms with van der Waals surface area (Å²) < 4.78 is 5.38. The Labute approximate surface area is 83.4 Å². The van der Waals surface area contributed by atoms with Crippen molar-refractivity contribution in [1.29, 1.82) is 0 Å². The van der Waals surface area contributed by atoms with E-state index in [0.29, 0.717) is 6.61 Å².